The van der Waals surface area contributed by atoms with E-state index in [2.05, 4.69) is 5.32 Å². The maximum absolute atomic E-state index is 12.6. The Kier molecular flexibility index (Phi) is 4.81. The first-order chi connectivity index (χ1) is 7.95. The van der Waals surface area contributed by atoms with Crippen molar-refractivity contribution in [3.05, 3.63) is 29.3 Å². The van der Waals surface area contributed by atoms with Crippen LogP contribution in [-0.4, -0.2) is 20.3 Å². The number of alkyl halides is 3. The second kappa shape index (κ2) is 5.91. The SMILES string of the molecule is COCCCNc1ccc(C)c(C(F)(F)F)c1. The average molecular weight is 247 g/mol. The quantitative estimate of drug-likeness (QED) is 0.804. The topological polar surface area (TPSA) is 21.3 Å². The molecule has 96 valence electrons. The fourth-order valence-electron chi connectivity index (χ4n) is 1.49. The van der Waals surface area contributed by atoms with Crippen LogP contribution in [-0.2, 0) is 10.9 Å². The van der Waals surface area contributed by atoms with Crippen molar-refractivity contribution >= 4 is 5.69 Å². The van der Waals surface area contributed by atoms with E-state index in [0.717, 1.165) is 12.5 Å². The van der Waals surface area contributed by atoms with Crippen molar-refractivity contribution in [3.8, 4) is 0 Å². The van der Waals surface area contributed by atoms with Crippen molar-refractivity contribution in [2.24, 2.45) is 0 Å². The molecule has 5 heteroatoms. The summed E-state index contributed by atoms with van der Waals surface area (Å²) in [5.41, 5.74) is 0.133. The van der Waals surface area contributed by atoms with E-state index < -0.39 is 11.7 Å². The minimum atomic E-state index is -4.30. The number of methoxy groups -OCH3 is 1. The molecule has 0 aromatic heterocycles. The fourth-order valence-corrected chi connectivity index (χ4v) is 1.49. The standard InChI is InChI=1S/C12H16F3NO/c1-9-4-5-10(16-6-3-7-17-2)8-11(9)12(13,14)15/h4-5,8,16H,3,6-7H2,1-2H3. The highest BCUT2D eigenvalue weighted by Gasteiger charge is 2.32. The summed E-state index contributed by atoms with van der Waals surface area (Å²) in [5, 5.41) is 2.94. The third-order valence-corrected chi connectivity index (χ3v) is 2.40. The Morgan fingerprint density at radius 2 is 2.00 bits per heavy atom. The molecule has 0 atom stereocenters. The van der Waals surface area contributed by atoms with E-state index in [4.69, 9.17) is 4.74 Å². The van der Waals surface area contributed by atoms with Crippen LogP contribution in [0.1, 0.15) is 17.5 Å². The molecule has 0 saturated carbocycles. The van der Waals surface area contributed by atoms with Crippen molar-refractivity contribution in [2.45, 2.75) is 19.5 Å². The molecule has 1 aromatic carbocycles. The molecule has 0 unspecified atom stereocenters. The van der Waals surface area contributed by atoms with E-state index in [1.54, 1.807) is 13.2 Å². The number of rotatable bonds is 5. The van der Waals surface area contributed by atoms with Crippen molar-refractivity contribution < 1.29 is 17.9 Å². The fraction of sp³-hybridized carbons (Fsp3) is 0.500. The molecular formula is C12H16F3NO. The average Bonchev–Trinajstić information content (AvgIpc) is 2.25. The lowest BCUT2D eigenvalue weighted by molar-refractivity contribution is -0.138. The van der Waals surface area contributed by atoms with Crippen LogP contribution >= 0.6 is 0 Å². The van der Waals surface area contributed by atoms with Crippen LogP contribution in [0.15, 0.2) is 18.2 Å². The van der Waals surface area contributed by atoms with Gasteiger partial charge in [-0.25, -0.2) is 0 Å². The van der Waals surface area contributed by atoms with Gasteiger partial charge < -0.3 is 10.1 Å². The molecule has 17 heavy (non-hydrogen) atoms. The van der Waals surface area contributed by atoms with Crippen LogP contribution in [0.5, 0.6) is 0 Å². The molecule has 0 aliphatic rings. The Morgan fingerprint density at radius 3 is 2.59 bits per heavy atom. The Morgan fingerprint density at radius 1 is 1.29 bits per heavy atom. The normalized spacial score (nSPS) is 11.6. The van der Waals surface area contributed by atoms with Gasteiger partial charge in [-0.15, -0.1) is 0 Å². The van der Waals surface area contributed by atoms with Gasteiger partial charge in [-0.2, -0.15) is 13.2 Å². The molecule has 2 nitrogen and oxygen atoms in total. The summed E-state index contributed by atoms with van der Waals surface area (Å²) < 4.78 is 42.7. The van der Waals surface area contributed by atoms with Gasteiger partial charge >= 0.3 is 6.18 Å². The van der Waals surface area contributed by atoms with Crippen molar-refractivity contribution in [2.75, 3.05) is 25.6 Å². The number of halogens is 3. The largest absolute Gasteiger partial charge is 0.416 e. The third kappa shape index (κ3) is 4.26. The zero-order valence-corrected chi connectivity index (χ0v) is 9.90. The highest BCUT2D eigenvalue weighted by atomic mass is 19.4. The molecule has 0 amide bonds. The monoisotopic (exact) mass is 247 g/mol. The molecule has 0 fully saturated rings. The molecule has 0 spiro atoms. The number of nitrogens with one attached hydrogen (secondary N) is 1. The lowest BCUT2D eigenvalue weighted by atomic mass is 10.1. The Balaban J connectivity index is 2.69. The lowest BCUT2D eigenvalue weighted by Gasteiger charge is -2.13. The minimum absolute atomic E-state index is 0.236. The van der Waals surface area contributed by atoms with E-state index in [0.29, 0.717) is 18.8 Å². The first-order valence-electron chi connectivity index (χ1n) is 5.36. The van der Waals surface area contributed by atoms with Gasteiger partial charge in [-0.1, -0.05) is 6.07 Å². The molecule has 0 aliphatic heterocycles. The van der Waals surface area contributed by atoms with Gasteiger partial charge in [-0.05, 0) is 31.0 Å². The van der Waals surface area contributed by atoms with Gasteiger partial charge in [0.25, 0.3) is 0 Å². The van der Waals surface area contributed by atoms with Crippen LogP contribution in [0, 0.1) is 6.92 Å². The summed E-state index contributed by atoms with van der Waals surface area (Å²) in [6.07, 6.45) is -3.54. The van der Waals surface area contributed by atoms with Crippen molar-refractivity contribution in [3.63, 3.8) is 0 Å². The van der Waals surface area contributed by atoms with E-state index in [1.807, 2.05) is 0 Å². The first-order valence-corrected chi connectivity index (χ1v) is 5.36. The van der Waals surface area contributed by atoms with Crippen LogP contribution < -0.4 is 5.32 Å². The van der Waals surface area contributed by atoms with Gasteiger partial charge in [0.15, 0.2) is 0 Å². The lowest BCUT2D eigenvalue weighted by Crippen LogP contribution is -2.10. The molecule has 1 rings (SSSR count). The Hall–Kier alpha value is -1.23. The number of hydrogen-bond acceptors (Lipinski definition) is 2. The van der Waals surface area contributed by atoms with Crippen molar-refractivity contribution in [1.29, 1.82) is 0 Å². The second-order valence-electron chi connectivity index (χ2n) is 3.80. The second-order valence-corrected chi connectivity index (χ2v) is 3.80. The predicted molar refractivity (Wildman–Crippen MR) is 61.2 cm³/mol. The predicted octanol–water partition coefficient (Wildman–Crippen LogP) is 3.46. The van der Waals surface area contributed by atoms with Gasteiger partial charge in [0.05, 0.1) is 5.56 Å². The zero-order valence-electron chi connectivity index (χ0n) is 9.90. The summed E-state index contributed by atoms with van der Waals surface area (Å²) >= 11 is 0. The number of hydrogen-bond donors (Lipinski definition) is 1. The summed E-state index contributed by atoms with van der Waals surface area (Å²) in [4.78, 5) is 0. The number of anilines is 1. The van der Waals surface area contributed by atoms with E-state index in [-0.39, 0.29) is 5.56 Å². The van der Waals surface area contributed by atoms with E-state index in [1.165, 1.54) is 13.0 Å². The van der Waals surface area contributed by atoms with Gasteiger partial charge in [0, 0.05) is 25.9 Å². The van der Waals surface area contributed by atoms with Gasteiger partial charge in [0.1, 0.15) is 0 Å². The Labute approximate surface area is 98.8 Å². The highest BCUT2D eigenvalue weighted by Crippen LogP contribution is 2.33. The molecule has 1 N–H and O–H groups in total. The minimum Gasteiger partial charge on any atom is -0.385 e. The smallest absolute Gasteiger partial charge is 0.385 e. The molecule has 0 radical (unpaired) electrons. The van der Waals surface area contributed by atoms with Crippen LogP contribution in [0.3, 0.4) is 0 Å². The Bertz CT molecular complexity index is 363. The summed E-state index contributed by atoms with van der Waals surface area (Å²) in [6.45, 7) is 2.64. The molecular weight excluding hydrogens is 231 g/mol. The molecule has 0 saturated heterocycles. The molecule has 0 aliphatic carbocycles. The number of aryl methyl sites for hydroxylation is 1. The highest BCUT2D eigenvalue weighted by molar-refractivity contribution is 5.49. The van der Waals surface area contributed by atoms with Crippen LogP contribution in [0.2, 0.25) is 0 Å². The molecule has 0 heterocycles. The van der Waals surface area contributed by atoms with Gasteiger partial charge in [-0.3, -0.25) is 0 Å². The summed E-state index contributed by atoms with van der Waals surface area (Å²) in [5.74, 6) is 0. The molecule has 0 bridgehead atoms. The third-order valence-electron chi connectivity index (χ3n) is 2.40. The van der Waals surface area contributed by atoms with Gasteiger partial charge in [0.2, 0.25) is 0 Å². The van der Waals surface area contributed by atoms with Crippen LogP contribution in [0.4, 0.5) is 18.9 Å². The summed E-state index contributed by atoms with van der Waals surface area (Å²) in [6, 6.07) is 4.26. The van der Waals surface area contributed by atoms with E-state index in [9.17, 15) is 13.2 Å². The van der Waals surface area contributed by atoms with Crippen LogP contribution in [0.25, 0.3) is 0 Å². The van der Waals surface area contributed by atoms with Crippen molar-refractivity contribution in [1.82, 2.24) is 0 Å². The molecule has 1 aromatic rings. The zero-order chi connectivity index (χ0) is 12.9. The summed E-state index contributed by atoms with van der Waals surface area (Å²) in [7, 11) is 1.59. The number of ether oxygens (including phenoxy) is 1. The van der Waals surface area contributed by atoms with E-state index >= 15 is 0 Å². The maximum Gasteiger partial charge on any atom is 0.416 e. The maximum atomic E-state index is 12.6. The first kappa shape index (κ1) is 13.8. The number of benzene rings is 1.